The highest BCUT2D eigenvalue weighted by Crippen LogP contribution is 2.17. The van der Waals surface area contributed by atoms with Crippen LogP contribution in [0.3, 0.4) is 0 Å². The van der Waals surface area contributed by atoms with Crippen LogP contribution in [0.1, 0.15) is 30.9 Å². The Kier molecular flexibility index (Phi) is 3.98. The summed E-state index contributed by atoms with van der Waals surface area (Å²) in [4.78, 5) is 4.52. The summed E-state index contributed by atoms with van der Waals surface area (Å²) in [5.41, 5.74) is 3.17. The van der Waals surface area contributed by atoms with Crippen LogP contribution >= 0.6 is 0 Å². The molecule has 0 radical (unpaired) electrons. The van der Waals surface area contributed by atoms with Crippen LogP contribution in [0, 0.1) is 0 Å². The number of aromatic nitrogens is 4. The number of fused-ring (bicyclic) bond motifs is 1. The summed E-state index contributed by atoms with van der Waals surface area (Å²) in [6.45, 7) is 4.16. The lowest BCUT2D eigenvalue weighted by molar-refractivity contribution is -0.101. The van der Waals surface area contributed by atoms with Crippen molar-refractivity contribution in [2.75, 3.05) is 14.2 Å². The van der Waals surface area contributed by atoms with E-state index in [1.54, 1.807) is 18.8 Å². The van der Waals surface area contributed by atoms with Crippen molar-refractivity contribution in [2.45, 2.75) is 39.4 Å². The molecule has 0 spiro atoms. The molecule has 100 valence electrons. The number of aryl methyl sites for hydroxylation is 2. The summed E-state index contributed by atoms with van der Waals surface area (Å²) in [6.07, 6.45) is 2.17. The van der Waals surface area contributed by atoms with Crippen LogP contribution in [-0.2, 0) is 28.7 Å². The van der Waals surface area contributed by atoms with Gasteiger partial charge in [0.15, 0.2) is 17.8 Å². The third-order valence-corrected chi connectivity index (χ3v) is 3.09. The van der Waals surface area contributed by atoms with E-state index in [-0.39, 0.29) is 6.29 Å². The van der Waals surface area contributed by atoms with Crippen LogP contribution in [0.15, 0.2) is 0 Å². The van der Waals surface area contributed by atoms with E-state index in [0.29, 0.717) is 6.42 Å². The van der Waals surface area contributed by atoms with Crippen molar-refractivity contribution < 1.29 is 9.47 Å². The van der Waals surface area contributed by atoms with Gasteiger partial charge in [-0.2, -0.15) is 4.63 Å². The van der Waals surface area contributed by atoms with E-state index in [1.807, 2.05) is 6.92 Å². The van der Waals surface area contributed by atoms with E-state index < -0.39 is 0 Å². The molecule has 0 saturated heterocycles. The van der Waals surface area contributed by atoms with Crippen molar-refractivity contribution in [3.05, 3.63) is 17.1 Å². The molecule has 2 rings (SSSR count). The summed E-state index contributed by atoms with van der Waals surface area (Å²) in [5, 5.41) is 7.64. The average molecular weight is 252 g/mol. The third kappa shape index (κ3) is 2.26. The minimum Gasteiger partial charge on any atom is -0.356 e. The molecule has 0 bridgehead atoms. The van der Waals surface area contributed by atoms with Crippen LogP contribution in [0.5, 0.6) is 0 Å². The monoisotopic (exact) mass is 252 g/mol. The van der Waals surface area contributed by atoms with Gasteiger partial charge >= 0.3 is 0 Å². The van der Waals surface area contributed by atoms with Gasteiger partial charge in [-0.05, 0) is 6.42 Å². The normalized spacial score (nSPS) is 11.8. The fourth-order valence-electron chi connectivity index (χ4n) is 2.08. The zero-order valence-corrected chi connectivity index (χ0v) is 11.4. The second-order valence-corrected chi connectivity index (χ2v) is 4.14. The maximum absolute atomic E-state index is 5.23. The topological polar surface area (TPSA) is 64.4 Å². The first-order valence-electron chi connectivity index (χ1n) is 6.24. The summed E-state index contributed by atoms with van der Waals surface area (Å²) in [7, 11) is 3.28. The van der Waals surface area contributed by atoms with Crippen molar-refractivity contribution in [1.82, 2.24) is 19.8 Å². The Hall–Kier alpha value is -1.40. The maximum atomic E-state index is 5.23. The fourth-order valence-corrected chi connectivity index (χ4v) is 2.08. The van der Waals surface area contributed by atoms with E-state index in [1.165, 1.54) is 5.56 Å². The molecule has 0 aliphatic rings. The Bertz CT molecular complexity index is 513. The van der Waals surface area contributed by atoms with Crippen molar-refractivity contribution in [3.63, 3.8) is 0 Å². The van der Waals surface area contributed by atoms with Gasteiger partial charge in [0.25, 0.3) is 0 Å². The molecule has 0 aliphatic carbocycles. The molecule has 0 aliphatic heterocycles. The molecule has 0 saturated carbocycles. The Morgan fingerprint density at radius 2 is 1.94 bits per heavy atom. The lowest BCUT2D eigenvalue weighted by Crippen LogP contribution is -2.17. The molecule has 1 N–H and O–H groups in total. The number of nitrogens with one attached hydrogen (secondary N) is 1. The zero-order valence-electron chi connectivity index (χ0n) is 11.4. The Balaban J connectivity index is 2.35. The predicted molar refractivity (Wildman–Crippen MR) is 67.6 cm³/mol. The molecule has 6 nitrogen and oxygen atoms in total. The Morgan fingerprint density at radius 1 is 1.22 bits per heavy atom. The van der Waals surface area contributed by atoms with Gasteiger partial charge < -0.3 is 9.47 Å². The van der Waals surface area contributed by atoms with E-state index in [9.17, 15) is 0 Å². The van der Waals surface area contributed by atoms with Crippen LogP contribution < -0.4 is 0 Å². The molecule has 6 heteroatoms. The molecule has 0 fully saturated rings. The van der Waals surface area contributed by atoms with Crippen molar-refractivity contribution >= 4 is 5.65 Å². The minimum absolute atomic E-state index is 0.246. The lowest BCUT2D eigenvalue weighted by atomic mass is 10.1. The predicted octanol–water partition coefficient (Wildman–Crippen LogP) is 1.34. The lowest BCUT2D eigenvalue weighted by Gasteiger charge is -2.12. The van der Waals surface area contributed by atoms with Gasteiger partial charge in [-0.15, -0.1) is 5.10 Å². The highest BCUT2D eigenvalue weighted by Gasteiger charge is 2.17. The quantitative estimate of drug-likeness (QED) is 0.788. The molecule has 2 heterocycles. The van der Waals surface area contributed by atoms with Gasteiger partial charge in [-0.3, -0.25) is 5.10 Å². The number of aromatic amines is 1. The standard InChI is InChI=1S/C12H20N4O2/c1-5-8-9(7-11(17-3)18-4)14-16-12(8)13-10(6-2)15-16/h11,14H,5-7H2,1-4H3. The number of methoxy groups -OCH3 is 2. The fraction of sp³-hybridized carbons (Fsp3) is 0.667. The van der Waals surface area contributed by atoms with Gasteiger partial charge in [-0.25, -0.2) is 4.98 Å². The summed E-state index contributed by atoms with van der Waals surface area (Å²) in [5.74, 6) is 0.859. The van der Waals surface area contributed by atoms with Crippen molar-refractivity contribution in [2.24, 2.45) is 0 Å². The second-order valence-electron chi connectivity index (χ2n) is 4.14. The van der Waals surface area contributed by atoms with Crippen molar-refractivity contribution in [1.29, 1.82) is 0 Å². The first-order valence-corrected chi connectivity index (χ1v) is 6.24. The maximum Gasteiger partial charge on any atom is 0.178 e. The highest BCUT2D eigenvalue weighted by molar-refractivity contribution is 5.49. The van der Waals surface area contributed by atoms with Gasteiger partial charge in [0.05, 0.1) is 0 Å². The molecular formula is C12H20N4O2. The molecule has 2 aromatic rings. The molecule has 0 amide bonds. The van der Waals surface area contributed by atoms with E-state index in [0.717, 1.165) is 30.0 Å². The number of H-pyrrole nitrogens is 1. The summed E-state index contributed by atoms with van der Waals surface area (Å²) < 4.78 is 12.2. The second kappa shape index (κ2) is 5.49. The largest absolute Gasteiger partial charge is 0.356 e. The number of hydrogen-bond acceptors (Lipinski definition) is 4. The first-order chi connectivity index (χ1) is 8.73. The van der Waals surface area contributed by atoms with Crippen LogP contribution in [-0.4, -0.2) is 40.3 Å². The van der Waals surface area contributed by atoms with Crippen LogP contribution in [0.25, 0.3) is 5.65 Å². The zero-order chi connectivity index (χ0) is 13.1. The van der Waals surface area contributed by atoms with Gasteiger partial charge in [0, 0.05) is 38.3 Å². The van der Waals surface area contributed by atoms with Gasteiger partial charge in [-0.1, -0.05) is 13.8 Å². The minimum atomic E-state index is -0.246. The molecule has 0 atom stereocenters. The first kappa shape index (κ1) is 13.0. The molecular weight excluding hydrogens is 232 g/mol. The smallest absolute Gasteiger partial charge is 0.178 e. The van der Waals surface area contributed by atoms with Crippen LogP contribution in [0.2, 0.25) is 0 Å². The number of nitrogens with zero attached hydrogens (tertiary/aromatic N) is 3. The van der Waals surface area contributed by atoms with E-state index in [4.69, 9.17) is 9.47 Å². The van der Waals surface area contributed by atoms with Gasteiger partial charge in [0.2, 0.25) is 0 Å². The molecule has 0 unspecified atom stereocenters. The summed E-state index contributed by atoms with van der Waals surface area (Å²) in [6, 6.07) is 0. The van der Waals surface area contributed by atoms with E-state index >= 15 is 0 Å². The van der Waals surface area contributed by atoms with Crippen molar-refractivity contribution in [3.8, 4) is 0 Å². The highest BCUT2D eigenvalue weighted by atomic mass is 16.7. The number of hydrogen-bond donors (Lipinski definition) is 1. The van der Waals surface area contributed by atoms with Crippen LogP contribution in [0.4, 0.5) is 0 Å². The molecule has 0 aromatic carbocycles. The average Bonchev–Trinajstić information content (AvgIpc) is 2.91. The number of ether oxygens (including phenoxy) is 2. The molecule has 18 heavy (non-hydrogen) atoms. The van der Waals surface area contributed by atoms with E-state index in [2.05, 4.69) is 22.1 Å². The van der Waals surface area contributed by atoms with Gasteiger partial charge in [0.1, 0.15) is 0 Å². The summed E-state index contributed by atoms with van der Waals surface area (Å²) >= 11 is 0. The number of rotatable bonds is 6. The molecule has 2 aromatic heterocycles. The SMILES string of the molecule is CCc1nc2c(CC)c(CC(OC)OC)[nH]n2n1. The Labute approximate surface area is 106 Å². The third-order valence-electron chi connectivity index (χ3n) is 3.09. The Morgan fingerprint density at radius 3 is 2.50 bits per heavy atom.